The smallest absolute Gasteiger partial charge is 0.256 e. The van der Waals surface area contributed by atoms with Gasteiger partial charge in [0.25, 0.3) is 5.91 Å². The maximum absolute atomic E-state index is 12.5. The van der Waals surface area contributed by atoms with Crippen LogP contribution in [0, 0.1) is 6.92 Å². The number of nitrogens with one attached hydrogen (secondary N) is 3. The van der Waals surface area contributed by atoms with Gasteiger partial charge in [-0.2, -0.15) is 5.10 Å². The van der Waals surface area contributed by atoms with E-state index in [4.69, 9.17) is 16.3 Å². The summed E-state index contributed by atoms with van der Waals surface area (Å²) >= 11 is 6.09. The van der Waals surface area contributed by atoms with Crippen LogP contribution in [0.1, 0.15) is 16.1 Å². The zero-order chi connectivity index (χ0) is 20.4. The Morgan fingerprint density at radius 3 is 2.66 bits per heavy atom. The molecule has 4 aromatic rings. The van der Waals surface area contributed by atoms with Crippen LogP contribution in [0.15, 0.2) is 54.6 Å². The van der Waals surface area contributed by atoms with Crippen molar-refractivity contribution in [2.45, 2.75) is 6.92 Å². The Kier molecular flexibility index (Phi) is 5.05. The molecule has 29 heavy (non-hydrogen) atoms. The molecule has 0 aliphatic rings. The van der Waals surface area contributed by atoms with E-state index in [0.717, 1.165) is 17.0 Å². The van der Waals surface area contributed by atoms with Crippen LogP contribution in [0.4, 0.5) is 5.82 Å². The van der Waals surface area contributed by atoms with Crippen LogP contribution in [0.3, 0.4) is 0 Å². The molecule has 1 amide bonds. The van der Waals surface area contributed by atoms with Crippen molar-refractivity contribution in [2.24, 2.45) is 0 Å². The second-order valence-electron chi connectivity index (χ2n) is 6.40. The van der Waals surface area contributed by atoms with Crippen LogP contribution < -0.4 is 10.1 Å². The summed E-state index contributed by atoms with van der Waals surface area (Å²) in [5, 5.41) is 10.2. The first kappa shape index (κ1) is 18.8. The number of methoxy groups -OCH3 is 1. The Morgan fingerprint density at radius 1 is 1.14 bits per heavy atom. The highest BCUT2D eigenvalue weighted by atomic mass is 35.5. The van der Waals surface area contributed by atoms with Crippen LogP contribution in [0.2, 0.25) is 5.02 Å². The molecule has 0 aliphatic heterocycles. The molecule has 0 unspecified atom stereocenters. The maximum atomic E-state index is 12.5. The van der Waals surface area contributed by atoms with E-state index in [0.29, 0.717) is 33.7 Å². The molecular weight excluding hydrogens is 390 g/mol. The number of carbonyl (C=O) groups is 1. The minimum atomic E-state index is -0.326. The van der Waals surface area contributed by atoms with Gasteiger partial charge in [0.2, 0.25) is 0 Å². The number of H-pyrrole nitrogens is 2. The number of hydrogen-bond donors (Lipinski definition) is 3. The zero-order valence-electron chi connectivity index (χ0n) is 15.8. The Bertz CT molecular complexity index is 1170. The lowest BCUT2D eigenvalue weighted by Crippen LogP contribution is -2.12. The van der Waals surface area contributed by atoms with Crippen molar-refractivity contribution < 1.29 is 9.53 Å². The van der Waals surface area contributed by atoms with E-state index >= 15 is 0 Å². The number of carbonyl (C=O) groups excluding carboxylic acids is 1. The molecule has 0 aliphatic carbocycles. The Morgan fingerprint density at radius 2 is 1.93 bits per heavy atom. The van der Waals surface area contributed by atoms with Crippen molar-refractivity contribution in [3.8, 4) is 28.5 Å². The fourth-order valence-electron chi connectivity index (χ4n) is 2.97. The molecule has 2 aromatic heterocycles. The van der Waals surface area contributed by atoms with Gasteiger partial charge in [0, 0.05) is 22.9 Å². The summed E-state index contributed by atoms with van der Waals surface area (Å²) in [6.45, 7) is 1.96. The van der Waals surface area contributed by atoms with Gasteiger partial charge >= 0.3 is 0 Å². The Labute approximate surface area is 172 Å². The van der Waals surface area contributed by atoms with E-state index in [1.165, 1.54) is 7.11 Å². The molecule has 8 heteroatoms. The number of aryl methyl sites for hydroxylation is 1. The van der Waals surface area contributed by atoms with Crippen molar-refractivity contribution in [3.05, 3.63) is 70.9 Å². The summed E-state index contributed by atoms with van der Waals surface area (Å²) in [5.41, 5.74) is 3.91. The monoisotopic (exact) mass is 407 g/mol. The summed E-state index contributed by atoms with van der Waals surface area (Å²) in [6, 6.07) is 16.5. The first-order valence-corrected chi connectivity index (χ1v) is 9.25. The summed E-state index contributed by atoms with van der Waals surface area (Å²) in [6.07, 6.45) is 0. The number of aromatic nitrogens is 4. The number of hydrogen-bond acceptors (Lipinski definition) is 4. The SMILES string of the molecule is COc1ccc(C(=O)Nc2cc(-c3nc(-c4ccccc4)c(C)[nH]3)[nH]n2)cc1Cl. The Balaban J connectivity index is 1.53. The quantitative estimate of drug-likeness (QED) is 0.447. The standard InChI is InChI=1S/C21H18ClN5O2/c1-12-19(13-6-4-3-5-7-13)25-20(23-12)16-11-18(27-26-16)24-21(28)14-8-9-17(29-2)15(22)10-14/h3-11H,1-2H3,(H,23,25)(H2,24,26,27,28). The molecule has 0 bridgehead atoms. The lowest BCUT2D eigenvalue weighted by molar-refractivity contribution is 0.102. The first-order chi connectivity index (χ1) is 14.0. The van der Waals surface area contributed by atoms with Gasteiger partial charge < -0.3 is 15.0 Å². The number of ether oxygens (including phenoxy) is 1. The number of nitrogens with zero attached hydrogens (tertiary/aromatic N) is 2. The van der Waals surface area contributed by atoms with Gasteiger partial charge in [-0.15, -0.1) is 0 Å². The summed E-state index contributed by atoms with van der Waals surface area (Å²) in [5.74, 6) is 1.20. The molecule has 0 radical (unpaired) electrons. The maximum Gasteiger partial charge on any atom is 0.256 e. The van der Waals surface area contributed by atoms with Gasteiger partial charge in [-0.05, 0) is 25.1 Å². The lowest BCUT2D eigenvalue weighted by Gasteiger charge is -2.05. The van der Waals surface area contributed by atoms with E-state index in [2.05, 4.69) is 25.5 Å². The van der Waals surface area contributed by atoms with E-state index in [1.54, 1.807) is 24.3 Å². The largest absolute Gasteiger partial charge is 0.495 e. The molecule has 0 spiro atoms. The summed E-state index contributed by atoms with van der Waals surface area (Å²) in [4.78, 5) is 20.4. The van der Waals surface area contributed by atoms with Gasteiger partial charge in [0.05, 0.1) is 17.8 Å². The molecule has 2 heterocycles. The van der Waals surface area contributed by atoms with Crippen LogP contribution in [0.5, 0.6) is 5.75 Å². The van der Waals surface area contributed by atoms with Gasteiger partial charge in [-0.25, -0.2) is 4.98 Å². The molecular formula is C21H18ClN5O2. The number of benzene rings is 2. The number of imidazole rings is 1. The van der Waals surface area contributed by atoms with Crippen LogP contribution in [-0.2, 0) is 0 Å². The highest BCUT2D eigenvalue weighted by Crippen LogP contribution is 2.27. The van der Waals surface area contributed by atoms with E-state index in [1.807, 2.05) is 37.3 Å². The second-order valence-corrected chi connectivity index (χ2v) is 6.80. The molecule has 3 N–H and O–H groups in total. The van der Waals surface area contributed by atoms with Crippen molar-refractivity contribution >= 4 is 23.3 Å². The average Bonchev–Trinajstić information content (AvgIpc) is 3.35. The molecule has 0 saturated heterocycles. The topological polar surface area (TPSA) is 95.7 Å². The van der Waals surface area contributed by atoms with E-state index in [9.17, 15) is 4.79 Å². The second kappa shape index (κ2) is 7.81. The van der Waals surface area contributed by atoms with E-state index < -0.39 is 0 Å². The first-order valence-electron chi connectivity index (χ1n) is 8.88. The van der Waals surface area contributed by atoms with Gasteiger partial charge in [0.1, 0.15) is 11.4 Å². The van der Waals surface area contributed by atoms with Crippen molar-refractivity contribution in [1.29, 1.82) is 0 Å². The molecule has 4 rings (SSSR count). The van der Waals surface area contributed by atoms with Crippen molar-refractivity contribution in [3.63, 3.8) is 0 Å². The van der Waals surface area contributed by atoms with Crippen LogP contribution in [-0.4, -0.2) is 33.2 Å². The Hall–Kier alpha value is -3.58. The number of anilines is 1. The number of amides is 1. The third-order valence-corrected chi connectivity index (χ3v) is 4.72. The summed E-state index contributed by atoms with van der Waals surface area (Å²) < 4.78 is 5.10. The van der Waals surface area contributed by atoms with E-state index in [-0.39, 0.29) is 5.91 Å². The fraction of sp³-hybridized carbons (Fsp3) is 0.0952. The molecule has 0 saturated carbocycles. The predicted octanol–water partition coefficient (Wildman–Crippen LogP) is 4.69. The van der Waals surface area contributed by atoms with Crippen molar-refractivity contribution in [2.75, 3.05) is 12.4 Å². The van der Waals surface area contributed by atoms with Crippen LogP contribution in [0.25, 0.3) is 22.8 Å². The molecule has 0 atom stereocenters. The van der Waals surface area contributed by atoms with Gasteiger partial charge in [0.15, 0.2) is 11.6 Å². The highest BCUT2D eigenvalue weighted by Gasteiger charge is 2.15. The molecule has 0 fully saturated rings. The number of aromatic amines is 2. The predicted molar refractivity (Wildman–Crippen MR) is 112 cm³/mol. The zero-order valence-corrected chi connectivity index (χ0v) is 16.5. The number of rotatable bonds is 5. The van der Waals surface area contributed by atoms with Crippen LogP contribution >= 0.6 is 11.6 Å². The minimum Gasteiger partial charge on any atom is -0.495 e. The number of halogens is 1. The normalized spacial score (nSPS) is 10.7. The minimum absolute atomic E-state index is 0.326. The van der Waals surface area contributed by atoms with Crippen molar-refractivity contribution in [1.82, 2.24) is 20.2 Å². The highest BCUT2D eigenvalue weighted by molar-refractivity contribution is 6.32. The summed E-state index contributed by atoms with van der Waals surface area (Å²) in [7, 11) is 1.52. The third-order valence-electron chi connectivity index (χ3n) is 4.42. The lowest BCUT2D eigenvalue weighted by atomic mass is 10.1. The molecule has 146 valence electrons. The molecule has 7 nitrogen and oxygen atoms in total. The van der Waals surface area contributed by atoms with Gasteiger partial charge in [-0.3, -0.25) is 9.89 Å². The van der Waals surface area contributed by atoms with Gasteiger partial charge in [-0.1, -0.05) is 41.9 Å². The fourth-order valence-corrected chi connectivity index (χ4v) is 3.23. The third kappa shape index (κ3) is 3.86. The average molecular weight is 408 g/mol. The molecule has 2 aromatic carbocycles.